The molecule has 0 aliphatic carbocycles. The predicted molar refractivity (Wildman–Crippen MR) is 99.1 cm³/mol. The fourth-order valence-corrected chi connectivity index (χ4v) is 2.93. The van der Waals surface area contributed by atoms with Crippen molar-refractivity contribution in [3.8, 4) is 0 Å². The molecule has 0 radical (unpaired) electrons. The molecule has 0 unspecified atom stereocenters. The number of cyclic esters (lactones) is 2. The zero-order valence-corrected chi connectivity index (χ0v) is 16.0. The second-order valence-corrected chi connectivity index (χ2v) is 6.90. The Hall–Kier alpha value is -1.72. The third kappa shape index (κ3) is 4.89. The van der Waals surface area contributed by atoms with Crippen LogP contribution in [-0.4, -0.2) is 42.6 Å². The van der Waals surface area contributed by atoms with E-state index < -0.39 is 17.7 Å². The van der Waals surface area contributed by atoms with E-state index in [1.165, 1.54) is 19.9 Å². The van der Waals surface area contributed by atoms with Gasteiger partial charge in [-0.2, -0.15) is 0 Å². The highest BCUT2D eigenvalue weighted by Gasteiger charge is 2.38. The fraction of sp³-hybridized carbons (Fsp3) is 0.444. The molecule has 1 aliphatic heterocycles. The number of esters is 2. The van der Waals surface area contributed by atoms with Gasteiger partial charge < -0.3 is 14.4 Å². The smallest absolute Gasteiger partial charge is 0.348 e. The van der Waals surface area contributed by atoms with Gasteiger partial charge in [0.15, 0.2) is 0 Å². The van der Waals surface area contributed by atoms with Crippen LogP contribution in [0.15, 0.2) is 23.8 Å². The molecular weight excluding hydrogens is 365 g/mol. The van der Waals surface area contributed by atoms with E-state index in [1.54, 1.807) is 0 Å². The topological polar surface area (TPSA) is 55.8 Å². The lowest BCUT2D eigenvalue weighted by molar-refractivity contribution is -0.222. The van der Waals surface area contributed by atoms with Crippen LogP contribution in [0.1, 0.15) is 25.0 Å². The highest BCUT2D eigenvalue weighted by molar-refractivity contribution is 6.19. The lowest BCUT2D eigenvalue weighted by Crippen LogP contribution is -2.41. The molecule has 1 aromatic rings. The Morgan fingerprint density at radius 3 is 2.12 bits per heavy atom. The molecule has 1 aromatic carbocycles. The van der Waals surface area contributed by atoms with Gasteiger partial charge in [-0.3, -0.25) is 0 Å². The van der Waals surface area contributed by atoms with E-state index in [9.17, 15) is 9.59 Å². The minimum atomic E-state index is -1.24. The number of carbonyl (C=O) groups is 2. The van der Waals surface area contributed by atoms with Crippen molar-refractivity contribution in [3.05, 3.63) is 34.9 Å². The Morgan fingerprint density at radius 2 is 1.64 bits per heavy atom. The number of halogens is 2. The maximum absolute atomic E-state index is 12.1. The molecule has 1 aliphatic rings. The Bertz CT molecular complexity index is 672. The van der Waals surface area contributed by atoms with Crippen molar-refractivity contribution in [2.24, 2.45) is 0 Å². The van der Waals surface area contributed by atoms with Gasteiger partial charge >= 0.3 is 11.9 Å². The molecule has 0 spiro atoms. The van der Waals surface area contributed by atoms with Gasteiger partial charge in [-0.05, 0) is 36.3 Å². The lowest BCUT2D eigenvalue weighted by Gasteiger charge is -2.29. The summed E-state index contributed by atoms with van der Waals surface area (Å²) in [6.45, 7) is 6.30. The third-order valence-corrected chi connectivity index (χ3v) is 4.08. The summed E-state index contributed by atoms with van der Waals surface area (Å²) >= 11 is 11.7. The maximum Gasteiger partial charge on any atom is 0.348 e. The first-order valence-electron chi connectivity index (χ1n) is 7.93. The quantitative estimate of drug-likeness (QED) is 0.324. The van der Waals surface area contributed by atoms with E-state index in [1.807, 2.05) is 25.1 Å². The minimum Gasteiger partial charge on any atom is -0.419 e. The minimum absolute atomic E-state index is 0.117. The average Bonchev–Trinajstić information content (AvgIpc) is 2.51. The van der Waals surface area contributed by atoms with Gasteiger partial charge in [0, 0.05) is 44.4 Å². The molecule has 0 atom stereocenters. The van der Waals surface area contributed by atoms with Crippen molar-refractivity contribution in [3.63, 3.8) is 0 Å². The largest absolute Gasteiger partial charge is 0.419 e. The number of hydrogen-bond donors (Lipinski definition) is 0. The Kier molecular flexibility index (Phi) is 6.36. The van der Waals surface area contributed by atoms with Gasteiger partial charge in [0.1, 0.15) is 5.57 Å². The van der Waals surface area contributed by atoms with Crippen molar-refractivity contribution in [2.75, 3.05) is 29.7 Å². The molecule has 0 N–H and O–H groups in total. The average molecular weight is 386 g/mol. The van der Waals surface area contributed by atoms with Gasteiger partial charge in [0.25, 0.3) is 5.79 Å². The molecule has 7 heteroatoms. The van der Waals surface area contributed by atoms with Gasteiger partial charge in [-0.25, -0.2) is 9.59 Å². The molecular formula is C18H21Cl2NO4. The Balaban J connectivity index is 2.29. The number of anilines is 1. The summed E-state index contributed by atoms with van der Waals surface area (Å²) in [7, 11) is 0. The number of alkyl halides is 2. The summed E-state index contributed by atoms with van der Waals surface area (Å²) in [5, 5.41) is 0. The van der Waals surface area contributed by atoms with Crippen LogP contribution in [0.25, 0.3) is 6.08 Å². The first kappa shape index (κ1) is 19.6. The summed E-state index contributed by atoms with van der Waals surface area (Å²) in [5.41, 5.74) is 2.51. The summed E-state index contributed by atoms with van der Waals surface area (Å²) in [6, 6.07) is 5.71. The molecule has 0 amide bonds. The number of aryl methyl sites for hydroxylation is 1. The number of ether oxygens (including phenoxy) is 2. The normalized spacial score (nSPS) is 16.3. The molecule has 5 nitrogen and oxygen atoms in total. The van der Waals surface area contributed by atoms with Crippen molar-refractivity contribution in [2.45, 2.75) is 26.6 Å². The van der Waals surface area contributed by atoms with Crippen LogP contribution in [0, 0.1) is 6.92 Å². The van der Waals surface area contributed by atoms with Gasteiger partial charge in [-0.15, -0.1) is 23.2 Å². The van der Waals surface area contributed by atoms with E-state index in [0.29, 0.717) is 24.8 Å². The Morgan fingerprint density at radius 1 is 1.08 bits per heavy atom. The first-order chi connectivity index (χ1) is 11.8. The van der Waals surface area contributed by atoms with Crippen LogP contribution < -0.4 is 4.90 Å². The molecule has 136 valence electrons. The van der Waals surface area contributed by atoms with E-state index in [0.717, 1.165) is 16.8 Å². The molecule has 1 heterocycles. The van der Waals surface area contributed by atoms with Crippen LogP contribution >= 0.6 is 23.2 Å². The number of carbonyl (C=O) groups excluding carboxylic acids is 2. The molecule has 0 bridgehead atoms. The van der Waals surface area contributed by atoms with Gasteiger partial charge in [0.05, 0.1) is 0 Å². The van der Waals surface area contributed by atoms with Crippen LogP contribution in [0.2, 0.25) is 0 Å². The van der Waals surface area contributed by atoms with Crippen molar-refractivity contribution in [1.82, 2.24) is 0 Å². The zero-order valence-electron chi connectivity index (χ0n) is 14.5. The Labute approximate surface area is 157 Å². The summed E-state index contributed by atoms with van der Waals surface area (Å²) in [4.78, 5) is 26.2. The highest BCUT2D eigenvalue weighted by Crippen LogP contribution is 2.26. The lowest BCUT2D eigenvalue weighted by atomic mass is 10.0. The molecule has 0 saturated carbocycles. The maximum atomic E-state index is 12.1. The second kappa shape index (κ2) is 8.11. The standard InChI is InChI=1S/C18H21Cl2NO4/c1-12-10-14(21(8-6-19)9-7-20)5-4-13(12)11-15-16(22)24-18(2,3)25-17(15)23/h4-5,10-11H,6-9H2,1-3H3. The third-order valence-electron chi connectivity index (χ3n) is 3.74. The van der Waals surface area contributed by atoms with Crippen LogP contribution in [0.3, 0.4) is 0 Å². The van der Waals surface area contributed by atoms with Crippen LogP contribution in [0.5, 0.6) is 0 Å². The van der Waals surface area contributed by atoms with Crippen LogP contribution in [-0.2, 0) is 19.1 Å². The zero-order chi connectivity index (χ0) is 18.6. The van der Waals surface area contributed by atoms with E-state index in [4.69, 9.17) is 32.7 Å². The van der Waals surface area contributed by atoms with Crippen molar-refractivity contribution in [1.29, 1.82) is 0 Å². The predicted octanol–water partition coefficient (Wildman–Crippen LogP) is 3.50. The molecule has 25 heavy (non-hydrogen) atoms. The second-order valence-electron chi connectivity index (χ2n) is 6.14. The van der Waals surface area contributed by atoms with Crippen LogP contribution in [0.4, 0.5) is 5.69 Å². The summed E-state index contributed by atoms with van der Waals surface area (Å²) < 4.78 is 10.2. The number of hydrogen-bond acceptors (Lipinski definition) is 5. The molecule has 0 aromatic heterocycles. The molecule has 1 fully saturated rings. The summed E-state index contributed by atoms with van der Waals surface area (Å²) in [6.07, 6.45) is 1.49. The monoisotopic (exact) mass is 385 g/mol. The SMILES string of the molecule is Cc1cc(N(CCCl)CCCl)ccc1C=C1C(=O)OC(C)(C)OC1=O. The number of benzene rings is 1. The summed E-state index contributed by atoms with van der Waals surface area (Å²) in [5.74, 6) is -1.62. The molecule has 2 rings (SSSR count). The van der Waals surface area contributed by atoms with E-state index in [2.05, 4.69) is 4.90 Å². The first-order valence-corrected chi connectivity index (χ1v) is 9.00. The highest BCUT2D eigenvalue weighted by atomic mass is 35.5. The van der Waals surface area contributed by atoms with E-state index >= 15 is 0 Å². The van der Waals surface area contributed by atoms with Crippen molar-refractivity contribution >= 4 is 46.9 Å². The number of nitrogens with zero attached hydrogens (tertiary/aromatic N) is 1. The number of rotatable bonds is 6. The van der Waals surface area contributed by atoms with Gasteiger partial charge in [-0.1, -0.05) is 6.07 Å². The molecule has 1 saturated heterocycles. The van der Waals surface area contributed by atoms with Crippen molar-refractivity contribution < 1.29 is 19.1 Å². The van der Waals surface area contributed by atoms with Gasteiger partial charge in [0.2, 0.25) is 0 Å². The van der Waals surface area contributed by atoms with E-state index in [-0.39, 0.29) is 5.57 Å². The fourth-order valence-electron chi connectivity index (χ4n) is 2.53.